The van der Waals surface area contributed by atoms with E-state index >= 15 is 0 Å². The maximum absolute atomic E-state index is 14.0. The minimum Gasteiger partial charge on any atom is -0.350 e. The number of rotatable bonds is 10. The van der Waals surface area contributed by atoms with Gasteiger partial charge in [0.15, 0.2) is 0 Å². The van der Waals surface area contributed by atoms with Crippen LogP contribution in [0, 0.1) is 6.92 Å². The molecule has 0 fully saturated rings. The Morgan fingerprint density at radius 1 is 0.923 bits per heavy atom. The second kappa shape index (κ2) is 12.7. The van der Waals surface area contributed by atoms with Crippen LogP contribution in [-0.4, -0.2) is 43.3 Å². The van der Waals surface area contributed by atoms with Crippen molar-refractivity contribution in [2.75, 3.05) is 10.8 Å². The lowest BCUT2D eigenvalue weighted by Crippen LogP contribution is -2.55. The van der Waals surface area contributed by atoms with Crippen LogP contribution in [0.15, 0.2) is 83.8 Å². The highest BCUT2D eigenvalue weighted by molar-refractivity contribution is 7.92. The summed E-state index contributed by atoms with van der Waals surface area (Å²) >= 11 is 6.06. The largest absolute Gasteiger partial charge is 0.350 e. The normalized spacial score (nSPS) is 12.5. The van der Waals surface area contributed by atoms with E-state index in [0.717, 1.165) is 15.4 Å². The molecule has 0 aliphatic heterocycles. The third-order valence-corrected chi connectivity index (χ3v) is 8.12. The average Bonchev–Trinajstić information content (AvgIpc) is 2.87. The lowest BCUT2D eigenvalue weighted by molar-refractivity contribution is -0.141. The van der Waals surface area contributed by atoms with Crippen LogP contribution in [0.25, 0.3) is 0 Å². The number of amides is 2. The van der Waals surface area contributed by atoms with E-state index in [-0.39, 0.29) is 17.3 Å². The lowest BCUT2D eigenvalue weighted by Gasteiger charge is -2.34. The van der Waals surface area contributed by atoms with E-state index in [4.69, 9.17) is 11.6 Å². The van der Waals surface area contributed by atoms with Crippen LogP contribution in [0.1, 0.15) is 45.2 Å². The van der Waals surface area contributed by atoms with Crippen LogP contribution < -0.4 is 9.62 Å². The maximum atomic E-state index is 14.0. The minimum atomic E-state index is -4.09. The van der Waals surface area contributed by atoms with Gasteiger partial charge < -0.3 is 10.2 Å². The Labute approximate surface area is 236 Å². The lowest BCUT2D eigenvalue weighted by atomic mass is 10.1. The fraction of sp³-hybridized carbons (Fsp3) is 0.333. The first-order valence-corrected chi connectivity index (χ1v) is 14.6. The maximum Gasteiger partial charge on any atom is 0.264 e. The molecule has 0 saturated heterocycles. The van der Waals surface area contributed by atoms with E-state index in [1.807, 2.05) is 34.6 Å². The van der Waals surface area contributed by atoms with Gasteiger partial charge in [-0.15, -0.1) is 0 Å². The summed E-state index contributed by atoms with van der Waals surface area (Å²) in [5, 5.41) is 3.51. The molecule has 0 heterocycles. The van der Waals surface area contributed by atoms with Gasteiger partial charge in [-0.1, -0.05) is 66.6 Å². The number of carbonyl (C=O) groups is 2. The summed E-state index contributed by atoms with van der Waals surface area (Å²) in [5.41, 5.74) is 1.53. The number of nitrogens with zero attached hydrogens (tertiary/aromatic N) is 2. The van der Waals surface area contributed by atoms with Crippen molar-refractivity contribution in [2.45, 2.75) is 64.1 Å². The van der Waals surface area contributed by atoms with Crippen molar-refractivity contribution in [2.24, 2.45) is 0 Å². The molecule has 0 saturated carbocycles. The molecule has 7 nitrogen and oxygen atoms in total. The first kappa shape index (κ1) is 30.2. The van der Waals surface area contributed by atoms with Gasteiger partial charge in [0.1, 0.15) is 12.6 Å². The summed E-state index contributed by atoms with van der Waals surface area (Å²) in [6.45, 7) is 8.94. The van der Waals surface area contributed by atoms with E-state index in [1.165, 1.54) is 17.0 Å². The summed E-state index contributed by atoms with van der Waals surface area (Å²) in [6, 6.07) is 21.2. The van der Waals surface area contributed by atoms with Crippen molar-refractivity contribution in [3.8, 4) is 0 Å². The summed E-state index contributed by atoms with van der Waals surface area (Å²) in [7, 11) is -4.09. The molecule has 208 valence electrons. The quantitative estimate of drug-likeness (QED) is 0.346. The molecule has 3 aromatic rings. The highest BCUT2D eigenvalue weighted by atomic mass is 35.5. The first-order valence-electron chi connectivity index (χ1n) is 12.8. The van der Waals surface area contributed by atoms with Gasteiger partial charge >= 0.3 is 0 Å². The summed E-state index contributed by atoms with van der Waals surface area (Å²) < 4.78 is 28.7. The van der Waals surface area contributed by atoms with Gasteiger partial charge in [-0.2, -0.15) is 0 Å². The number of anilines is 1. The van der Waals surface area contributed by atoms with Gasteiger partial charge in [0.2, 0.25) is 11.8 Å². The molecule has 9 heteroatoms. The Morgan fingerprint density at radius 2 is 1.51 bits per heavy atom. The van der Waals surface area contributed by atoms with Gasteiger partial charge in [0, 0.05) is 17.1 Å². The third kappa shape index (κ3) is 8.07. The number of carbonyl (C=O) groups excluding carboxylic acids is 2. The van der Waals surface area contributed by atoms with Crippen molar-refractivity contribution < 1.29 is 18.0 Å². The molecule has 0 unspecified atom stereocenters. The summed E-state index contributed by atoms with van der Waals surface area (Å²) in [5.74, 6) is -0.805. The summed E-state index contributed by atoms with van der Waals surface area (Å²) in [6.07, 6.45) is 0.345. The molecule has 3 aromatic carbocycles. The number of para-hydroxylation sites is 1. The molecule has 1 atom stereocenters. The molecule has 39 heavy (non-hydrogen) atoms. The molecule has 0 aromatic heterocycles. The van der Waals surface area contributed by atoms with Crippen molar-refractivity contribution in [3.05, 3.63) is 95.0 Å². The number of hydrogen-bond acceptors (Lipinski definition) is 4. The third-order valence-electron chi connectivity index (χ3n) is 6.08. The van der Waals surface area contributed by atoms with E-state index in [0.29, 0.717) is 17.1 Å². The Bertz CT molecular complexity index is 1370. The second-order valence-corrected chi connectivity index (χ2v) is 12.8. The molecule has 0 radical (unpaired) electrons. The van der Waals surface area contributed by atoms with Gasteiger partial charge in [0.25, 0.3) is 10.0 Å². The number of aryl methyl sites for hydroxylation is 1. The molecular formula is C30H36ClN3O4S. The summed E-state index contributed by atoms with van der Waals surface area (Å²) in [4.78, 5) is 28.9. The Morgan fingerprint density at radius 3 is 2.05 bits per heavy atom. The molecule has 1 N–H and O–H groups in total. The molecule has 0 aliphatic carbocycles. The highest BCUT2D eigenvalue weighted by Gasteiger charge is 2.34. The van der Waals surface area contributed by atoms with E-state index in [2.05, 4.69) is 5.32 Å². The van der Waals surface area contributed by atoms with Crippen LogP contribution in [0.4, 0.5) is 5.69 Å². The van der Waals surface area contributed by atoms with Crippen LogP contribution in [-0.2, 0) is 26.2 Å². The van der Waals surface area contributed by atoms with Crippen LogP contribution in [0.3, 0.4) is 0 Å². The number of benzene rings is 3. The minimum absolute atomic E-state index is 0.0755. The second-order valence-electron chi connectivity index (χ2n) is 10.5. The molecule has 0 bridgehead atoms. The Balaban J connectivity index is 2.04. The first-order chi connectivity index (χ1) is 18.3. The molecule has 0 aliphatic rings. The molecular weight excluding hydrogens is 534 g/mol. The fourth-order valence-electron chi connectivity index (χ4n) is 4.12. The van der Waals surface area contributed by atoms with Crippen molar-refractivity contribution >= 4 is 39.1 Å². The topological polar surface area (TPSA) is 86.8 Å². The predicted molar refractivity (Wildman–Crippen MR) is 156 cm³/mol. The smallest absolute Gasteiger partial charge is 0.264 e. The molecule has 3 rings (SSSR count). The zero-order chi connectivity index (χ0) is 28.8. The monoisotopic (exact) mass is 569 g/mol. The number of sulfonamides is 1. The molecule has 2 amide bonds. The van der Waals surface area contributed by atoms with Gasteiger partial charge in [0.05, 0.1) is 10.6 Å². The van der Waals surface area contributed by atoms with Crippen molar-refractivity contribution in [1.29, 1.82) is 0 Å². The van der Waals surface area contributed by atoms with E-state index in [1.54, 1.807) is 66.7 Å². The zero-order valence-corrected chi connectivity index (χ0v) is 24.6. The van der Waals surface area contributed by atoms with Gasteiger partial charge in [-0.05, 0) is 76.1 Å². The van der Waals surface area contributed by atoms with Gasteiger partial charge in [-0.3, -0.25) is 13.9 Å². The number of nitrogens with one attached hydrogen (secondary N) is 1. The predicted octanol–water partition coefficient (Wildman–Crippen LogP) is 5.57. The van der Waals surface area contributed by atoms with Crippen LogP contribution >= 0.6 is 11.6 Å². The van der Waals surface area contributed by atoms with Crippen LogP contribution in [0.5, 0.6) is 0 Å². The Hall–Kier alpha value is -3.36. The number of halogens is 1. The van der Waals surface area contributed by atoms with Crippen LogP contribution in [0.2, 0.25) is 5.02 Å². The van der Waals surface area contributed by atoms with Gasteiger partial charge in [-0.25, -0.2) is 8.42 Å². The Kier molecular flexibility index (Phi) is 9.80. The van der Waals surface area contributed by atoms with E-state index < -0.39 is 34.1 Å². The average molecular weight is 570 g/mol. The standard InChI is InChI=1S/C30H36ClN3O4S/c1-6-27(29(36)32-30(3,4)5)33(20-23-14-16-24(31)17-15-23)28(35)21-34(25-10-8-7-9-11-25)39(37,38)26-18-12-22(2)13-19-26/h7-19,27H,6,20-21H2,1-5H3,(H,32,36)/t27-/m0/s1. The number of hydrogen-bond donors (Lipinski definition) is 1. The van der Waals surface area contributed by atoms with Crippen molar-refractivity contribution in [1.82, 2.24) is 10.2 Å². The fourth-order valence-corrected chi connectivity index (χ4v) is 5.66. The van der Waals surface area contributed by atoms with Crippen molar-refractivity contribution in [3.63, 3.8) is 0 Å². The highest BCUT2D eigenvalue weighted by Crippen LogP contribution is 2.25. The zero-order valence-electron chi connectivity index (χ0n) is 23.0. The van der Waals surface area contributed by atoms with E-state index in [9.17, 15) is 18.0 Å². The SMILES string of the molecule is CC[C@@H](C(=O)NC(C)(C)C)N(Cc1ccc(Cl)cc1)C(=O)CN(c1ccccc1)S(=O)(=O)c1ccc(C)cc1. The molecule has 0 spiro atoms.